The SMILES string of the molecule is CC1(C)CN(C(=O)CCC(=O)c2ccc(F)cc2)CCC1N. The Balaban J connectivity index is 1.87. The maximum Gasteiger partial charge on any atom is 0.223 e. The number of carbonyl (C=O) groups is 2. The van der Waals surface area contributed by atoms with Gasteiger partial charge < -0.3 is 10.6 Å². The average Bonchev–Trinajstić information content (AvgIpc) is 2.48. The summed E-state index contributed by atoms with van der Waals surface area (Å²) in [5.74, 6) is -0.531. The van der Waals surface area contributed by atoms with Crippen LogP contribution in [0.25, 0.3) is 0 Å². The Morgan fingerprint density at radius 3 is 2.50 bits per heavy atom. The predicted molar refractivity (Wildman–Crippen MR) is 82.9 cm³/mol. The van der Waals surface area contributed by atoms with Crippen LogP contribution in [0.3, 0.4) is 0 Å². The summed E-state index contributed by atoms with van der Waals surface area (Å²) in [6, 6.07) is 5.50. The van der Waals surface area contributed by atoms with Crippen LogP contribution in [0.2, 0.25) is 0 Å². The molecule has 1 aromatic rings. The maximum atomic E-state index is 12.8. The van der Waals surface area contributed by atoms with Crippen molar-refractivity contribution < 1.29 is 14.0 Å². The van der Waals surface area contributed by atoms with Crippen molar-refractivity contribution in [3.8, 4) is 0 Å². The summed E-state index contributed by atoms with van der Waals surface area (Å²) in [5, 5.41) is 0. The number of amides is 1. The van der Waals surface area contributed by atoms with E-state index in [1.165, 1.54) is 24.3 Å². The van der Waals surface area contributed by atoms with Crippen molar-refractivity contribution in [3.63, 3.8) is 0 Å². The van der Waals surface area contributed by atoms with E-state index in [2.05, 4.69) is 13.8 Å². The highest BCUT2D eigenvalue weighted by molar-refractivity contribution is 5.97. The third-order valence-corrected chi connectivity index (χ3v) is 4.40. The Labute approximate surface area is 130 Å². The summed E-state index contributed by atoms with van der Waals surface area (Å²) in [4.78, 5) is 26.1. The fourth-order valence-electron chi connectivity index (χ4n) is 2.75. The van der Waals surface area contributed by atoms with E-state index in [4.69, 9.17) is 5.73 Å². The molecule has 1 amide bonds. The van der Waals surface area contributed by atoms with Gasteiger partial charge in [0.15, 0.2) is 5.78 Å². The van der Waals surface area contributed by atoms with E-state index in [0.29, 0.717) is 18.7 Å². The lowest BCUT2D eigenvalue weighted by Gasteiger charge is -2.42. The molecule has 0 bridgehead atoms. The first-order valence-electron chi connectivity index (χ1n) is 7.62. The van der Waals surface area contributed by atoms with E-state index in [0.717, 1.165) is 6.42 Å². The van der Waals surface area contributed by atoms with Crippen molar-refractivity contribution in [2.75, 3.05) is 13.1 Å². The second-order valence-electron chi connectivity index (χ2n) is 6.63. The van der Waals surface area contributed by atoms with Crippen LogP contribution in [0.15, 0.2) is 24.3 Å². The number of nitrogens with two attached hydrogens (primary N) is 1. The van der Waals surface area contributed by atoms with Gasteiger partial charge in [-0.15, -0.1) is 0 Å². The minimum absolute atomic E-state index is 0.0181. The van der Waals surface area contributed by atoms with E-state index in [1.54, 1.807) is 4.90 Å². The van der Waals surface area contributed by atoms with Gasteiger partial charge in [0, 0.05) is 37.5 Å². The number of hydrogen-bond acceptors (Lipinski definition) is 3. The van der Waals surface area contributed by atoms with Crippen molar-refractivity contribution >= 4 is 11.7 Å². The minimum Gasteiger partial charge on any atom is -0.342 e. The first-order chi connectivity index (χ1) is 10.3. The van der Waals surface area contributed by atoms with Crippen LogP contribution in [0.5, 0.6) is 0 Å². The molecule has 1 aliphatic heterocycles. The van der Waals surface area contributed by atoms with Gasteiger partial charge in [-0.3, -0.25) is 9.59 Å². The number of nitrogens with zero attached hydrogens (tertiary/aromatic N) is 1. The lowest BCUT2D eigenvalue weighted by molar-refractivity contribution is -0.134. The second kappa shape index (κ2) is 6.57. The summed E-state index contributed by atoms with van der Waals surface area (Å²) in [7, 11) is 0. The van der Waals surface area contributed by atoms with Crippen LogP contribution < -0.4 is 5.73 Å². The topological polar surface area (TPSA) is 63.4 Å². The fraction of sp³-hybridized carbons (Fsp3) is 0.529. The Hall–Kier alpha value is -1.75. The Morgan fingerprint density at radius 2 is 1.91 bits per heavy atom. The molecule has 1 aliphatic rings. The summed E-state index contributed by atoms with van der Waals surface area (Å²) >= 11 is 0. The molecule has 5 heteroatoms. The quantitative estimate of drug-likeness (QED) is 0.869. The van der Waals surface area contributed by atoms with Gasteiger partial charge in [-0.2, -0.15) is 0 Å². The van der Waals surface area contributed by atoms with Gasteiger partial charge in [0.1, 0.15) is 5.82 Å². The normalized spacial score (nSPS) is 20.7. The second-order valence-corrected chi connectivity index (χ2v) is 6.63. The number of hydrogen-bond donors (Lipinski definition) is 1. The van der Waals surface area contributed by atoms with Gasteiger partial charge in [0.2, 0.25) is 5.91 Å². The predicted octanol–water partition coefficient (Wildman–Crippen LogP) is 2.37. The monoisotopic (exact) mass is 306 g/mol. The molecule has 1 unspecified atom stereocenters. The maximum absolute atomic E-state index is 12.8. The standard InChI is InChI=1S/C17H23FN2O2/c1-17(2)11-20(10-9-15(17)19)16(22)8-7-14(21)12-3-5-13(18)6-4-12/h3-6,15H,7-11,19H2,1-2H3. The molecule has 4 nitrogen and oxygen atoms in total. The molecule has 0 spiro atoms. The first-order valence-corrected chi connectivity index (χ1v) is 7.62. The third kappa shape index (κ3) is 3.91. The Morgan fingerprint density at radius 1 is 1.27 bits per heavy atom. The number of halogens is 1. The zero-order valence-corrected chi connectivity index (χ0v) is 13.1. The smallest absolute Gasteiger partial charge is 0.223 e. The molecule has 120 valence electrons. The number of rotatable bonds is 4. The molecule has 0 saturated carbocycles. The van der Waals surface area contributed by atoms with Crippen LogP contribution in [0.1, 0.15) is 43.5 Å². The van der Waals surface area contributed by atoms with Crippen LogP contribution in [0, 0.1) is 11.2 Å². The van der Waals surface area contributed by atoms with Crippen molar-refractivity contribution in [3.05, 3.63) is 35.6 Å². The average molecular weight is 306 g/mol. The number of Topliss-reactive ketones (excluding diaryl/α,β-unsaturated/α-hetero) is 1. The largest absolute Gasteiger partial charge is 0.342 e. The van der Waals surface area contributed by atoms with Crippen molar-refractivity contribution in [2.24, 2.45) is 11.1 Å². The van der Waals surface area contributed by atoms with Gasteiger partial charge in [0.05, 0.1) is 0 Å². The Kier molecular flexibility index (Phi) is 4.96. The molecule has 2 rings (SSSR count). The van der Waals surface area contributed by atoms with Crippen LogP contribution in [-0.2, 0) is 4.79 Å². The van der Waals surface area contributed by atoms with Crippen LogP contribution in [-0.4, -0.2) is 35.7 Å². The lowest BCUT2D eigenvalue weighted by Crippen LogP contribution is -2.54. The van der Waals surface area contributed by atoms with Gasteiger partial charge in [-0.05, 0) is 36.1 Å². The molecule has 0 aliphatic carbocycles. The summed E-state index contributed by atoms with van der Waals surface area (Å²) in [5.41, 5.74) is 6.40. The van der Waals surface area contributed by atoms with E-state index >= 15 is 0 Å². The lowest BCUT2D eigenvalue weighted by atomic mass is 9.79. The first kappa shape index (κ1) is 16.6. The highest BCUT2D eigenvalue weighted by atomic mass is 19.1. The molecule has 22 heavy (non-hydrogen) atoms. The van der Waals surface area contributed by atoms with Gasteiger partial charge in [-0.1, -0.05) is 13.8 Å². The summed E-state index contributed by atoms with van der Waals surface area (Å²) in [6.45, 7) is 5.38. The fourth-order valence-corrected chi connectivity index (χ4v) is 2.75. The van der Waals surface area contributed by atoms with Crippen molar-refractivity contribution in [1.29, 1.82) is 0 Å². The zero-order valence-electron chi connectivity index (χ0n) is 13.1. The highest BCUT2D eigenvalue weighted by Crippen LogP contribution is 2.28. The van der Waals surface area contributed by atoms with E-state index in [9.17, 15) is 14.0 Å². The van der Waals surface area contributed by atoms with Crippen molar-refractivity contribution in [1.82, 2.24) is 4.90 Å². The van der Waals surface area contributed by atoms with Gasteiger partial charge in [0.25, 0.3) is 0 Å². The number of piperidine rings is 1. The molecule has 0 aromatic heterocycles. The highest BCUT2D eigenvalue weighted by Gasteiger charge is 2.35. The zero-order chi connectivity index (χ0) is 16.3. The summed E-state index contributed by atoms with van der Waals surface area (Å²) in [6.07, 6.45) is 1.11. The van der Waals surface area contributed by atoms with Gasteiger partial charge in [-0.25, -0.2) is 4.39 Å². The number of likely N-dealkylation sites (tertiary alicyclic amines) is 1. The molecule has 1 fully saturated rings. The van der Waals surface area contributed by atoms with E-state index in [1.807, 2.05) is 0 Å². The molecule has 1 atom stereocenters. The Bertz CT molecular complexity index is 554. The van der Waals surface area contributed by atoms with Crippen LogP contribution in [0.4, 0.5) is 4.39 Å². The van der Waals surface area contributed by atoms with E-state index < -0.39 is 0 Å². The molecule has 2 N–H and O–H groups in total. The number of ketones is 1. The molecule has 0 radical (unpaired) electrons. The molecule has 1 saturated heterocycles. The number of benzene rings is 1. The molecular formula is C17H23FN2O2. The van der Waals surface area contributed by atoms with Crippen LogP contribution >= 0.6 is 0 Å². The number of carbonyl (C=O) groups excluding carboxylic acids is 2. The molecular weight excluding hydrogens is 283 g/mol. The molecule has 1 heterocycles. The van der Waals surface area contributed by atoms with Gasteiger partial charge >= 0.3 is 0 Å². The van der Waals surface area contributed by atoms with Crippen molar-refractivity contribution in [2.45, 2.75) is 39.2 Å². The molecule has 1 aromatic carbocycles. The summed E-state index contributed by atoms with van der Waals surface area (Å²) < 4.78 is 12.8. The van der Waals surface area contributed by atoms with E-state index in [-0.39, 0.29) is 41.8 Å². The third-order valence-electron chi connectivity index (χ3n) is 4.40. The minimum atomic E-state index is -0.375.